The third kappa shape index (κ3) is 6.10. The summed E-state index contributed by atoms with van der Waals surface area (Å²) in [6, 6.07) is 17.6. The second kappa shape index (κ2) is 10.8. The number of carbonyl (C=O) groups is 1. The number of hydrogen-bond donors (Lipinski definition) is 0. The predicted octanol–water partition coefficient (Wildman–Crippen LogP) is 6.82. The number of methoxy groups -OCH3 is 2. The molecule has 0 amide bonds. The van der Waals surface area contributed by atoms with Crippen LogP contribution in [-0.4, -0.2) is 26.8 Å². The third-order valence-corrected chi connectivity index (χ3v) is 6.28. The standard InChI is InChI=1S/C24H22Cl2O4S/c1-15-10-23(22(28-2)12-21(15)30-13-24(27)29-3)31-14-16-4-6-17(7-5-16)19-9-8-18(25)11-20(19)26/h4-12H,13-14H2,1-3H3. The van der Waals surface area contributed by atoms with Crippen molar-refractivity contribution in [3.8, 4) is 22.6 Å². The molecule has 3 aromatic rings. The molecule has 0 spiro atoms. The van der Waals surface area contributed by atoms with Gasteiger partial charge < -0.3 is 14.2 Å². The highest BCUT2D eigenvalue weighted by molar-refractivity contribution is 7.98. The van der Waals surface area contributed by atoms with Gasteiger partial charge >= 0.3 is 5.97 Å². The molecule has 0 aliphatic rings. The number of ether oxygens (including phenoxy) is 3. The molecule has 3 rings (SSSR count). The Morgan fingerprint density at radius 3 is 2.35 bits per heavy atom. The summed E-state index contributed by atoms with van der Waals surface area (Å²) in [5.74, 6) is 1.63. The normalized spacial score (nSPS) is 10.6. The Morgan fingerprint density at radius 2 is 1.71 bits per heavy atom. The number of halogens is 2. The minimum atomic E-state index is -0.430. The van der Waals surface area contributed by atoms with E-state index in [4.69, 9.17) is 32.7 Å². The summed E-state index contributed by atoms with van der Waals surface area (Å²) in [6.45, 7) is 1.79. The van der Waals surface area contributed by atoms with E-state index in [1.54, 1.807) is 31.0 Å². The molecule has 7 heteroatoms. The molecule has 0 aromatic heterocycles. The van der Waals surface area contributed by atoms with Crippen LogP contribution in [0.4, 0.5) is 0 Å². The molecule has 0 fully saturated rings. The monoisotopic (exact) mass is 476 g/mol. The number of carbonyl (C=O) groups excluding carboxylic acids is 1. The molecule has 0 aliphatic carbocycles. The fraction of sp³-hybridized carbons (Fsp3) is 0.208. The predicted molar refractivity (Wildman–Crippen MR) is 127 cm³/mol. The van der Waals surface area contributed by atoms with E-state index in [1.165, 1.54) is 12.7 Å². The van der Waals surface area contributed by atoms with Gasteiger partial charge in [-0.2, -0.15) is 0 Å². The average molecular weight is 477 g/mol. The lowest BCUT2D eigenvalue weighted by Crippen LogP contribution is -2.13. The molecule has 0 saturated carbocycles. The van der Waals surface area contributed by atoms with Gasteiger partial charge in [0.25, 0.3) is 0 Å². The molecular weight excluding hydrogens is 455 g/mol. The van der Waals surface area contributed by atoms with Gasteiger partial charge in [0, 0.05) is 27.4 Å². The van der Waals surface area contributed by atoms with E-state index in [1.807, 2.05) is 25.1 Å². The highest BCUT2D eigenvalue weighted by Crippen LogP contribution is 2.37. The highest BCUT2D eigenvalue weighted by atomic mass is 35.5. The van der Waals surface area contributed by atoms with Crippen molar-refractivity contribution >= 4 is 40.9 Å². The molecule has 0 saturated heterocycles. The van der Waals surface area contributed by atoms with E-state index in [0.29, 0.717) is 21.5 Å². The van der Waals surface area contributed by atoms with Gasteiger partial charge in [0.1, 0.15) is 11.5 Å². The zero-order chi connectivity index (χ0) is 22.4. The first-order chi connectivity index (χ1) is 14.9. The second-order valence-electron chi connectivity index (χ2n) is 6.74. The van der Waals surface area contributed by atoms with Crippen molar-refractivity contribution in [3.63, 3.8) is 0 Å². The zero-order valence-electron chi connectivity index (χ0n) is 17.4. The van der Waals surface area contributed by atoms with Crippen molar-refractivity contribution in [1.82, 2.24) is 0 Å². The molecule has 4 nitrogen and oxygen atoms in total. The molecule has 31 heavy (non-hydrogen) atoms. The van der Waals surface area contributed by atoms with Crippen LogP contribution in [0.2, 0.25) is 10.0 Å². The van der Waals surface area contributed by atoms with E-state index < -0.39 is 5.97 Å². The fourth-order valence-electron chi connectivity index (χ4n) is 2.93. The molecule has 0 aliphatic heterocycles. The maximum atomic E-state index is 11.3. The molecule has 0 bridgehead atoms. The topological polar surface area (TPSA) is 44.8 Å². The summed E-state index contributed by atoms with van der Waals surface area (Å²) >= 11 is 14.0. The molecule has 0 N–H and O–H groups in total. The minimum Gasteiger partial charge on any atom is -0.495 e. The largest absolute Gasteiger partial charge is 0.495 e. The lowest BCUT2D eigenvalue weighted by molar-refractivity contribution is -0.142. The molecule has 162 valence electrons. The summed E-state index contributed by atoms with van der Waals surface area (Å²) in [5.41, 5.74) is 4.07. The number of aryl methyl sites for hydroxylation is 1. The van der Waals surface area contributed by atoms with Crippen LogP contribution < -0.4 is 9.47 Å². The fourth-order valence-corrected chi connectivity index (χ4v) is 4.51. The van der Waals surface area contributed by atoms with Gasteiger partial charge in [0.2, 0.25) is 0 Å². The van der Waals surface area contributed by atoms with Crippen LogP contribution in [0.25, 0.3) is 11.1 Å². The van der Waals surface area contributed by atoms with Crippen LogP contribution in [0.5, 0.6) is 11.5 Å². The van der Waals surface area contributed by atoms with Crippen LogP contribution >= 0.6 is 35.0 Å². The Hall–Kier alpha value is -2.34. The molecular formula is C24H22Cl2O4S. The summed E-state index contributed by atoms with van der Waals surface area (Å²) in [6.07, 6.45) is 0. The van der Waals surface area contributed by atoms with E-state index >= 15 is 0 Å². The highest BCUT2D eigenvalue weighted by Gasteiger charge is 2.12. The first-order valence-corrected chi connectivity index (χ1v) is 11.2. The van der Waals surface area contributed by atoms with Gasteiger partial charge in [0.05, 0.1) is 19.1 Å². The average Bonchev–Trinajstić information content (AvgIpc) is 2.77. The molecule has 0 unspecified atom stereocenters. The number of esters is 1. The Morgan fingerprint density at radius 1 is 0.968 bits per heavy atom. The third-order valence-electron chi connectivity index (χ3n) is 4.62. The smallest absolute Gasteiger partial charge is 0.343 e. The Bertz CT molecular complexity index is 1070. The van der Waals surface area contributed by atoms with Crippen molar-refractivity contribution in [2.24, 2.45) is 0 Å². The first kappa shape index (κ1) is 23.3. The summed E-state index contributed by atoms with van der Waals surface area (Å²) < 4.78 is 15.7. The Kier molecular flexibility index (Phi) is 8.13. The summed E-state index contributed by atoms with van der Waals surface area (Å²) in [7, 11) is 2.94. The summed E-state index contributed by atoms with van der Waals surface area (Å²) in [4.78, 5) is 12.3. The second-order valence-corrected chi connectivity index (χ2v) is 8.60. The Labute approximate surface area is 196 Å². The van der Waals surface area contributed by atoms with Gasteiger partial charge in [-0.3, -0.25) is 0 Å². The van der Waals surface area contributed by atoms with Gasteiger partial charge in [0.15, 0.2) is 6.61 Å². The number of benzene rings is 3. The van der Waals surface area contributed by atoms with Crippen molar-refractivity contribution in [1.29, 1.82) is 0 Å². The van der Waals surface area contributed by atoms with E-state index in [9.17, 15) is 4.79 Å². The van der Waals surface area contributed by atoms with Crippen molar-refractivity contribution < 1.29 is 19.0 Å². The molecule has 0 radical (unpaired) electrons. The number of thioether (sulfide) groups is 1. The molecule has 3 aromatic carbocycles. The van der Waals surface area contributed by atoms with Crippen LogP contribution in [-0.2, 0) is 15.3 Å². The SMILES string of the molecule is COC(=O)COc1cc(OC)c(SCc2ccc(-c3ccc(Cl)cc3Cl)cc2)cc1C. The van der Waals surface area contributed by atoms with Gasteiger partial charge in [-0.05, 0) is 41.8 Å². The quantitative estimate of drug-likeness (QED) is 0.263. The minimum absolute atomic E-state index is 0.142. The molecule has 0 atom stereocenters. The Balaban J connectivity index is 1.70. The molecule has 0 heterocycles. The van der Waals surface area contributed by atoms with E-state index in [2.05, 4.69) is 29.0 Å². The maximum absolute atomic E-state index is 11.3. The van der Waals surface area contributed by atoms with Crippen LogP contribution in [0, 0.1) is 6.92 Å². The van der Waals surface area contributed by atoms with Gasteiger partial charge in [-0.25, -0.2) is 4.79 Å². The van der Waals surface area contributed by atoms with E-state index in [-0.39, 0.29) is 6.61 Å². The van der Waals surface area contributed by atoms with Gasteiger partial charge in [-0.1, -0.05) is 53.5 Å². The van der Waals surface area contributed by atoms with Gasteiger partial charge in [-0.15, -0.1) is 11.8 Å². The van der Waals surface area contributed by atoms with E-state index in [0.717, 1.165) is 27.3 Å². The van der Waals surface area contributed by atoms with Crippen LogP contribution in [0.3, 0.4) is 0 Å². The number of rotatable bonds is 8. The lowest BCUT2D eigenvalue weighted by Gasteiger charge is -2.14. The van der Waals surface area contributed by atoms with Crippen LogP contribution in [0.15, 0.2) is 59.5 Å². The maximum Gasteiger partial charge on any atom is 0.343 e. The zero-order valence-corrected chi connectivity index (χ0v) is 19.7. The summed E-state index contributed by atoms with van der Waals surface area (Å²) in [5, 5.41) is 1.25. The number of hydrogen-bond acceptors (Lipinski definition) is 5. The van der Waals surface area contributed by atoms with Crippen LogP contribution in [0.1, 0.15) is 11.1 Å². The van der Waals surface area contributed by atoms with Crippen molar-refractivity contribution in [2.75, 3.05) is 20.8 Å². The lowest BCUT2D eigenvalue weighted by atomic mass is 10.0. The van der Waals surface area contributed by atoms with Crippen molar-refractivity contribution in [2.45, 2.75) is 17.6 Å². The first-order valence-electron chi connectivity index (χ1n) is 9.46. The van der Waals surface area contributed by atoms with Crippen molar-refractivity contribution in [3.05, 3.63) is 75.8 Å².